The first-order valence-corrected chi connectivity index (χ1v) is 11.4. The Hall–Kier alpha value is -2.21. The highest BCUT2D eigenvalue weighted by Crippen LogP contribution is 2.36. The number of nitrogens with one attached hydrogen (secondary N) is 2. The molecule has 0 aromatic heterocycles. The third kappa shape index (κ3) is 4.43. The van der Waals surface area contributed by atoms with Gasteiger partial charge in [-0.1, -0.05) is 30.3 Å². The summed E-state index contributed by atoms with van der Waals surface area (Å²) in [6.07, 6.45) is 6.60. The maximum absolute atomic E-state index is 12.7. The number of carbonyl (C=O) groups is 1. The molecule has 2 aliphatic heterocycles. The Balaban J connectivity index is 1.39. The summed E-state index contributed by atoms with van der Waals surface area (Å²) in [5, 5.41) is 6.41. The minimum atomic E-state index is -0.304. The molecule has 1 saturated carbocycles. The van der Waals surface area contributed by atoms with Crippen LogP contribution in [0.5, 0.6) is 0 Å². The normalized spacial score (nSPS) is 31.3. The van der Waals surface area contributed by atoms with Crippen molar-refractivity contribution in [3.8, 4) is 0 Å². The Morgan fingerprint density at radius 2 is 2.07 bits per heavy atom. The fourth-order valence-electron chi connectivity index (χ4n) is 5.33. The largest absolute Gasteiger partial charge is 0.477 e. The lowest BCUT2D eigenvalue weighted by atomic mass is 9.81. The lowest BCUT2D eigenvalue weighted by molar-refractivity contribution is -0.0382. The average Bonchev–Trinajstić information content (AvgIpc) is 3.14. The lowest BCUT2D eigenvalue weighted by Gasteiger charge is -2.47. The number of amides is 2. The number of urea groups is 1. The van der Waals surface area contributed by atoms with Crippen molar-refractivity contribution in [3.05, 3.63) is 48.4 Å². The van der Waals surface area contributed by atoms with Crippen molar-refractivity contribution in [1.82, 2.24) is 15.5 Å². The highest BCUT2D eigenvalue weighted by atomic mass is 16.5. The first kappa shape index (κ1) is 21.0. The van der Waals surface area contributed by atoms with Crippen molar-refractivity contribution in [1.29, 1.82) is 0 Å². The van der Waals surface area contributed by atoms with Gasteiger partial charge in [-0.05, 0) is 63.5 Å². The van der Waals surface area contributed by atoms with Crippen molar-refractivity contribution in [2.45, 2.75) is 69.1 Å². The first-order valence-electron chi connectivity index (χ1n) is 11.4. The summed E-state index contributed by atoms with van der Waals surface area (Å²) in [4.78, 5) is 14.7. The van der Waals surface area contributed by atoms with Crippen LogP contribution in [0.3, 0.4) is 0 Å². The monoisotopic (exact) mass is 413 g/mol. The Kier molecular flexibility index (Phi) is 6.52. The number of nitrogens with zero attached hydrogens (tertiary/aromatic N) is 1. The number of piperidine rings is 1. The quantitative estimate of drug-likeness (QED) is 0.772. The van der Waals surface area contributed by atoms with Crippen LogP contribution in [-0.4, -0.2) is 54.9 Å². The van der Waals surface area contributed by atoms with Crippen molar-refractivity contribution >= 4 is 6.03 Å². The van der Waals surface area contributed by atoms with E-state index in [1.54, 1.807) is 0 Å². The van der Waals surface area contributed by atoms with Gasteiger partial charge in [0.05, 0.1) is 24.3 Å². The smallest absolute Gasteiger partial charge is 0.317 e. The molecule has 2 heterocycles. The van der Waals surface area contributed by atoms with E-state index in [4.69, 9.17) is 9.47 Å². The van der Waals surface area contributed by atoms with Crippen LogP contribution in [0.4, 0.5) is 4.79 Å². The number of carbonyl (C=O) groups excluding carboxylic acids is 1. The minimum absolute atomic E-state index is 0.0164. The van der Waals surface area contributed by atoms with Crippen LogP contribution in [-0.2, 0) is 9.47 Å². The first-order chi connectivity index (χ1) is 14.6. The molecule has 1 aromatic carbocycles. The fourth-order valence-corrected chi connectivity index (χ4v) is 5.33. The van der Waals surface area contributed by atoms with Crippen molar-refractivity contribution in [3.63, 3.8) is 0 Å². The highest BCUT2D eigenvalue weighted by molar-refractivity contribution is 5.75. The van der Waals surface area contributed by atoms with Crippen molar-refractivity contribution in [2.75, 3.05) is 26.3 Å². The number of rotatable bonds is 5. The molecule has 1 spiro atoms. The summed E-state index contributed by atoms with van der Waals surface area (Å²) >= 11 is 0. The van der Waals surface area contributed by atoms with Crippen molar-refractivity contribution < 1.29 is 14.3 Å². The van der Waals surface area contributed by atoms with E-state index >= 15 is 0 Å². The van der Waals surface area contributed by atoms with E-state index in [9.17, 15) is 4.79 Å². The molecule has 2 saturated heterocycles. The maximum Gasteiger partial charge on any atom is 0.317 e. The Morgan fingerprint density at radius 1 is 1.30 bits per heavy atom. The summed E-state index contributed by atoms with van der Waals surface area (Å²) in [5.74, 6) is 1.23. The molecule has 3 aliphatic rings. The van der Waals surface area contributed by atoms with E-state index in [0.29, 0.717) is 31.6 Å². The van der Waals surface area contributed by atoms with Crippen molar-refractivity contribution in [2.24, 2.45) is 0 Å². The third-order valence-corrected chi connectivity index (χ3v) is 6.95. The molecule has 2 N–H and O–H groups in total. The van der Waals surface area contributed by atoms with Gasteiger partial charge in [-0.3, -0.25) is 0 Å². The molecule has 2 amide bonds. The number of hydrogen-bond donors (Lipinski definition) is 2. The topological polar surface area (TPSA) is 62.8 Å². The van der Waals surface area contributed by atoms with Gasteiger partial charge in [-0.2, -0.15) is 0 Å². The SMILES string of the molecule is C=C1NC2(CCCN(C(=O)NCC)C2COC2CCC(c3ccccc3)CC2)CO1. The standard InChI is InChI=1S/C24H35N3O3/c1-3-25-23(28)27-15-7-14-24(17-30-18(2)26-24)22(27)16-29-21-12-10-20(11-13-21)19-8-5-4-6-9-19/h4-6,8-9,20-22,26H,2-3,7,10-17H2,1H3,(H,25,28). The summed E-state index contributed by atoms with van der Waals surface area (Å²) in [5.41, 5.74) is 1.14. The second-order valence-electron chi connectivity index (χ2n) is 8.86. The van der Waals surface area contributed by atoms with E-state index in [1.807, 2.05) is 11.8 Å². The van der Waals surface area contributed by atoms with Gasteiger partial charge < -0.3 is 25.0 Å². The van der Waals surface area contributed by atoms with Gasteiger partial charge in [0.25, 0.3) is 0 Å². The van der Waals surface area contributed by atoms with Gasteiger partial charge in [0.2, 0.25) is 0 Å². The van der Waals surface area contributed by atoms with E-state index in [2.05, 4.69) is 47.5 Å². The van der Waals surface area contributed by atoms with Crippen LogP contribution in [0.1, 0.15) is 56.9 Å². The lowest BCUT2D eigenvalue weighted by Crippen LogP contribution is -2.67. The third-order valence-electron chi connectivity index (χ3n) is 6.95. The molecule has 0 bridgehead atoms. The molecule has 1 aromatic rings. The number of benzene rings is 1. The molecule has 6 nitrogen and oxygen atoms in total. The molecule has 2 atom stereocenters. The number of likely N-dealkylation sites (tertiary alicyclic amines) is 1. The predicted octanol–water partition coefficient (Wildman–Crippen LogP) is 3.75. The number of hydrogen-bond acceptors (Lipinski definition) is 4. The highest BCUT2D eigenvalue weighted by Gasteiger charge is 2.50. The molecular formula is C24H35N3O3. The molecule has 0 radical (unpaired) electrons. The van der Waals surface area contributed by atoms with Gasteiger partial charge >= 0.3 is 6.03 Å². The average molecular weight is 414 g/mol. The van der Waals surface area contributed by atoms with Gasteiger partial charge in [0, 0.05) is 13.1 Å². The summed E-state index contributed by atoms with van der Waals surface area (Å²) in [6.45, 7) is 8.32. The van der Waals surface area contributed by atoms with Gasteiger partial charge in [-0.15, -0.1) is 0 Å². The molecule has 164 valence electrons. The minimum Gasteiger partial charge on any atom is -0.477 e. The second-order valence-corrected chi connectivity index (χ2v) is 8.86. The summed E-state index contributed by atoms with van der Waals surface area (Å²) < 4.78 is 12.1. The van der Waals surface area contributed by atoms with Crippen LogP contribution in [0.15, 0.2) is 42.8 Å². The van der Waals surface area contributed by atoms with E-state index < -0.39 is 0 Å². The van der Waals surface area contributed by atoms with Gasteiger partial charge in [-0.25, -0.2) is 4.79 Å². The fraction of sp³-hybridized carbons (Fsp3) is 0.625. The van der Waals surface area contributed by atoms with E-state index in [0.717, 1.165) is 45.1 Å². The molecule has 30 heavy (non-hydrogen) atoms. The van der Waals surface area contributed by atoms with Crippen LogP contribution in [0.25, 0.3) is 0 Å². The van der Waals surface area contributed by atoms with E-state index in [-0.39, 0.29) is 23.7 Å². The molecule has 2 unspecified atom stereocenters. The van der Waals surface area contributed by atoms with Crippen LogP contribution >= 0.6 is 0 Å². The van der Waals surface area contributed by atoms with Gasteiger partial charge in [0.1, 0.15) is 6.61 Å². The molecular weight excluding hydrogens is 378 g/mol. The molecule has 1 aliphatic carbocycles. The second kappa shape index (κ2) is 9.29. The Bertz CT molecular complexity index is 732. The predicted molar refractivity (Wildman–Crippen MR) is 117 cm³/mol. The van der Waals surface area contributed by atoms with Gasteiger partial charge in [0.15, 0.2) is 5.88 Å². The molecule has 6 heteroatoms. The zero-order chi connectivity index (χ0) is 21.0. The zero-order valence-corrected chi connectivity index (χ0v) is 18.1. The number of ether oxygens (including phenoxy) is 2. The zero-order valence-electron chi connectivity index (χ0n) is 18.1. The van der Waals surface area contributed by atoms with Crippen LogP contribution in [0, 0.1) is 0 Å². The van der Waals surface area contributed by atoms with E-state index in [1.165, 1.54) is 5.56 Å². The molecule has 4 rings (SSSR count). The summed E-state index contributed by atoms with van der Waals surface area (Å²) in [6, 6.07) is 10.7. The Labute approximate surface area is 180 Å². The molecule has 3 fully saturated rings. The maximum atomic E-state index is 12.7. The Morgan fingerprint density at radius 3 is 2.73 bits per heavy atom. The van der Waals surface area contributed by atoms with Crippen LogP contribution in [0.2, 0.25) is 0 Å². The van der Waals surface area contributed by atoms with Crippen LogP contribution < -0.4 is 10.6 Å². The summed E-state index contributed by atoms with van der Waals surface area (Å²) in [7, 11) is 0.